The van der Waals surface area contributed by atoms with E-state index in [1.165, 1.54) is 12.1 Å². The molecule has 23 heavy (non-hydrogen) atoms. The number of piperidine rings is 1. The van der Waals surface area contributed by atoms with Crippen molar-refractivity contribution in [2.45, 2.75) is 18.9 Å². The molecule has 0 saturated carbocycles. The van der Waals surface area contributed by atoms with Gasteiger partial charge in [-0.3, -0.25) is 0 Å². The van der Waals surface area contributed by atoms with Gasteiger partial charge in [-0.25, -0.2) is 9.37 Å². The van der Waals surface area contributed by atoms with Gasteiger partial charge in [-0.2, -0.15) is 0 Å². The summed E-state index contributed by atoms with van der Waals surface area (Å²) < 4.78 is 23.8. The molecule has 0 amide bonds. The Morgan fingerprint density at radius 3 is 2.65 bits per heavy atom. The number of halogens is 1. The maximum Gasteiger partial charge on any atom is 0.185 e. The topological polar surface area (TPSA) is 34.6 Å². The summed E-state index contributed by atoms with van der Waals surface area (Å²) in [6, 6.07) is 6.47. The Hall–Kier alpha value is -1.50. The van der Waals surface area contributed by atoms with Crippen LogP contribution in [0.3, 0.4) is 0 Å². The molecule has 124 valence electrons. The summed E-state index contributed by atoms with van der Waals surface area (Å²) in [7, 11) is 1.69. The molecule has 3 rings (SSSR count). The average molecular weight is 336 g/mol. The zero-order valence-corrected chi connectivity index (χ0v) is 14.0. The maximum absolute atomic E-state index is 13.0. The minimum atomic E-state index is -0.222. The summed E-state index contributed by atoms with van der Waals surface area (Å²) >= 11 is 1.64. The van der Waals surface area contributed by atoms with Gasteiger partial charge >= 0.3 is 0 Å². The highest BCUT2D eigenvalue weighted by Gasteiger charge is 2.21. The fourth-order valence-corrected chi connectivity index (χ4v) is 3.56. The monoisotopic (exact) mass is 336 g/mol. The lowest BCUT2D eigenvalue weighted by atomic mass is 10.1. The van der Waals surface area contributed by atoms with Gasteiger partial charge in [-0.15, -0.1) is 11.3 Å². The number of aromatic nitrogens is 1. The zero-order chi connectivity index (χ0) is 16.1. The molecule has 1 aliphatic heterocycles. The van der Waals surface area contributed by atoms with Crippen molar-refractivity contribution in [1.29, 1.82) is 0 Å². The van der Waals surface area contributed by atoms with Crippen LogP contribution in [0.1, 0.15) is 12.8 Å². The highest BCUT2D eigenvalue weighted by molar-refractivity contribution is 7.14. The number of benzene rings is 1. The maximum atomic E-state index is 13.0. The van der Waals surface area contributed by atoms with Crippen LogP contribution in [0.5, 0.6) is 0 Å². The molecule has 0 atom stereocenters. The third-order valence-electron chi connectivity index (χ3n) is 3.99. The standard InChI is InChI=1S/C17H21FN2O2S/c1-21-10-11-22-15-6-8-20(9-7-15)17-19-16(12-23-17)13-2-4-14(18)5-3-13/h2-5,12,15H,6-11H2,1H3. The van der Waals surface area contributed by atoms with E-state index in [1.807, 2.05) is 5.38 Å². The highest BCUT2D eigenvalue weighted by atomic mass is 32.1. The number of hydrogen-bond donors (Lipinski definition) is 0. The zero-order valence-electron chi connectivity index (χ0n) is 13.2. The summed E-state index contributed by atoms with van der Waals surface area (Å²) in [5.74, 6) is -0.222. The summed E-state index contributed by atoms with van der Waals surface area (Å²) in [4.78, 5) is 6.99. The summed E-state index contributed by atoms with van der Waals surface area (Å²) in [5.41, 5.74) is 1.86. The molecule has 2 heterocycles. The van der Waals surface area contributed by atoms with Gasteiger partial charge in [0.2, 0.25) is 0 Å². The minimum absolute atomic E-state index is 0.222. The van der Waals surface area contributed by atoms with E-state index in [9.17, 15) is 4.39 Å². The Labute approximate surface area is 139 Å². The molecule has 0 bridgehead atoms. The van der Waals surface area contributed by atoms with Crippen LogP contribution in [0.2, 0.25) is 0 Å². The smallest absolute Gasteiger partial charge is 0.185 e. The van der Waals surface area contributed by atoms with Gasteiger partial charge in [0.15, 0.2) is 5.13 Å². The van der Waals surface area contributed by atoms with E-state index in [-0.39, 0.29) is 5.82 Å². The van der Waals surface area contributed by atoms with Crippen LogP contribution in [0, 0.1) is 5.82 Å². The van der Waals surface area contributed by atoms with Crippen LogP contribution in [0.25, 0.3) is 11.3 Å². The second-order valence-corrected chi connectivity index (χ2v) is 6.41. The van der Waals surface area contributed by atoms with Crippen LogP contribution >= 0.6 is 11.3 Å². The first-order valence-electron chi connectivity index (χ1n) is 7.83. The lowest BCUT2D eigenvalue weighted by Gasteiger charge is -2.31. The second-order valence-electron chi connectivity index (χ2n) is 5.57. The van der Waals surface area contributed by atoms with Crippen molar-refractivity contribution in [2.24, 2.45) is 0 Å². The summed E-state index contributed by atoms with van der Waals surface area (Å²) in [6.07, 6.45) is 2.34. The van der Waals surface area contributed by atoms with Gasteiger partial charge in [0, 0.05) is 31.1 Å². The van der Waals surface area contributed by atoms with Gasteiger partial charge in [0.1, 0.15) is 5.82 Å². The van der Waals surface area contributed by atoms with Gasteiger partial charge < -0.3 is 14.4 Å². The van der Waals surface area contributed by atoms with Crippen LogP contribution in [-0.2, 0) is 9.47 Å². The van der Waals surface area contributed by atoms with Crippen molar-refractivity contribution in [1.82, 2.24) is 4.98 Å². The number of methoxy groups -OCH3 is 1. The van der Waals surface area contributed by atoms with Crippen LogP contribution in [0.4, 0.5) is 9.52 Å². The van der Waals surface area contributed by atoms with Gasteiger partial charge in [-0.1, -0.05) is 0 Å². The van der Waals surface area contributed by atoms with E-state index in [1.54, 1.807) is 30.6 Å². The van der Waals surface area contributed by atoms with E-state index in [2.05, 4.69) is 4.90 Å². The molecule has 1 fully saturated rings. The van der Waals surface area contributed by atoms with Crippen molar-refractivity contribution in [2.75, 3.05) is 38.3 Å². The largest absolute Gasteiger partial charge is 0.382 e. The molecule has 1 aliphatic rings. The Balaban J connectivity index is 1.56. The lowest BCUT2D eigenvalue weighted by molar-refractivity contribution is 0.00610. The second kappa shape index (κ2) is 7.86. The lowest BCUT2D eigenvalue weighted by Crippen LogP contribution is -2.37. The number of hydrogen-bond acceptors (Lipinski definition) is 5. The molecule has 1 aromatic heterocycles. The molecule has 0 radical (unpaired) electrons. The third kappa shape index (κ3) is 4.28. The van der Waals surface area contributed by atoms with E-state index in [4.69, 9.17) is 14.5 Å². The Morgan fingerprint density at radius 2 is 1.96 bits per heavy atom. The molecule has 2 aromatic rings. The molecular formula is C17H21FN2O2S. The SMILES string of the molecule is COCCOC1CCN(c2nc(-c3ccc(F)cc3)cs2)CC1. The third-order valence-corrected chi connectivity index (χ3v) is 4.89. The van der Waals surface area contributed by atoms with Crippen molar-refractivity contribution in [3.8, 4) is 11.3 Å². The molecular weight excluding hydrogens is 315 g/mol. The Bertz CT molecular complexity index is 609. The van der Waals surface area contributed by atoms with E-state index in [0.29, 0.717) is 19.3 Å². The van der Waals surface area contributed by atoms with Crippen LogP contribution < -0.4 is 4.90 Å². The van der Waals surface area contributed by atoms with E-state index in [0.717, 1.165) is 42.3 Å². The summed E-state index contributed by atoms with van der Waals surface area (Å²) in [6.45, 7) is 3.21. The fraction of sp³-hybridized carbons (Fsp3) is 0.471. The summed E-state index contributed by atoms with van der Waals surface area (Å²) in [5, 5.41) is 3.06. The minimum Gasteiger partial charge on any atom is -0.382 e. The highest BCUT2D eigenvalue weighted by Crippen LogP contribution is 2.29. The molecule has 0 N–H and O–H groups in total. The molecule has 0 unspecified atom stereocenters. The Kier molecular flexibility index (Phi) is 5.59. The number of anilines is 1. The number of nitrogens with zero attached hydrogens (tertiary/aromatic N) is 2. The normalized spacial score (nSPS) is 16.0. The van der Waals surface area contributed by atoms with Crippen molar-refractivity contribution in [3.63, 3.8) is 0 Å². The molecule has 1 aromatic carbocycles. The van der Waals surface area contributed by atoms with Crippen molar-refractivity contribution >= 4 is 16.5 Å². The molecule has 4 nitrogen and oxygen atoms in total. The first kappa shape index (κ1) is 16.4. The van der Waals surface area contributed by atoms with Crippen molar-refractivity contribution < 1.29 is 13.9 Å². The first-order chi connectivity index (χ1) is 11.3. The van der Waals surface area contributed by atoms with E-state index < -0.39 is 0 Å². The fourth-order valence-electron chi connectivity index (χ4n) is 2.67. The first-order valence-corrected chi connectivity index (χ1v) is 8.71. The number of rotatable bonds is 6. The van der Waals surface area contributed by atoms with Gasteiger partial charge in [-0.05, 0) is 37.1 Å². The number of ether oxygens (including phenoxy) is 2. The van der Waals surface area contributed by atoms with Crippen molar-refractivity contribution in [3.05, 3.63) is 35.5 Å². The molecule has 0 spiro atoms. The quantitative estimate of drug-likeness (QED) is 0.755. The predicted molar refractivity (Wildman–Crippen MR) is 90.6 cm³/mol. The molecule has 0 aliphatic carbocycles. The predicted octanol–water partition coefficient (Wildman–Crippen LogP) is 3.58. The average Bonchev–Trinajstić information content (AvgIpc) is 3.06. The molecule has 6 heteroatoms. The van der Waals surface area contributed by atoms with Gasteiger partial charge in [0.05, 0.1) is 25.0 Å². The van der Waals surface area contributed by atoms with E-state index >= 15 is 0 Å². The van der Waals surface area contributed by atoms with Crippen LogP contribution in [-0.4, -0.2) is 44.5 Å². The molecule has 1 saturated heterocycles. The number of thiazole rings is 1. The van der Waals surface area contributed by atoms with Crippen LogP contribution in [0.15, 0.2) is 29.6 Å². The van der Waals surface area contributed by atoms with Gasteiger partial charge in [0.25, 0.3) is 0 Å². The Morgan fingerprint density at radius 1 is 1.22 bits per heavy atom.